The standard InChI is InChI=1S/C13H10O3.4C2H6/c14-9-10-1-5-12(6-2-10)16-13-7-3-11(15)4-8-13;4*1-2/h1-9,15H;4*1-2H3. The molecule has 3 heteroatoms. The Morgan fingerprint density at radius 2 is 1.00 bits per heavy atom. The van der Waals surface area contributed by atoms with E-state index in [1.165, 1.54) is 0 Å². The Labute approximate surface area is 148 Å². The number of ether oxygens (including phenoxy) is 1. The largest absolute Gasteiger partial charge is 0.508 e. The van der Waals surface area contributed by atoms with Crippen LogP contribution in [-0.4, -0.2) is 11.4 Å². The molecule has 0 heterocycles. The highest BCUT2D eigenvalue weighted by Crippen LogP contribution is 2.23. The van der Waals surface area contributed by atoms with Crippen LogP contribution in [0.15, 0.2) is 48.5 Å². The summed E-state index contributed by atoms with van der Waals surface area (Å²) < 4.78 is 5.51. The van der Waals surface area contributed by atoms with Crippen LogP contribution in [0.4, 0.5) is 0 Å². The van der Waals surface area contributed by atoms with E-state index < -0.39 is 0 Å². The molecule has 0 fully saturated rings. The van der Waals surface area contributed by atoms with Gasteiger partial charge in [-0.15, -0.1) is 0 Å². The first-order valence-corrected chi connectivity index (χ1v) is 8.80. The van der Waals surface area contributed by atoms with E-state index >= 15 is 0 Å². The quantitative estimate of drug-likeness (QED) is 0.609. The molecule has 0 saturated heterocycles. The molecule has 0 aromatic heterocycles. The van der Waals surface area contributed by atoms with Gasteiger partial charge in [0, 0.05) is 5.56 Å². The predicted molar refractivity (Wildman–Crippen MR) is 105 cm³/mol. The second-order valence-electron chi connectivity index (χ2n) is 3.28. The lowest BCUT2D eigenvalue weighted by Crippen LogP contribution is -1.84. The van der Waals surface area contributed by atoms with Crippen molar-refractivity contribution >= 4 is 6.29 Å². The van der Waals surface area contributed by atoms with Crippen LogP contribution in [0.3, 0.4) is 0 Å². The second-order valence-corrected chi connectivity index (χ2v) is 3.28. The Morgan fingerprint density at radius 3 is 1.33 bits per heavy atom. The number of phenolic OH excluding ortho intramolecular Hbond substituents is 1. The Morgan fingerprint density at radius 1 is 0.667 bits per heavy atom. The van der Waals surface area contributed by atoms with E-state index in [-0.39, 0.29) is 5.75 Å². The summed E-state index contributed by atoms with van der Waals surface area (Å²) in [4.78, 5) is 10.4. The Hall–Kier alpha value is -2.29. The molecule has 0 radical (unpaired) electrons. The van der Waals surface area contributed by atoms with Crippen LogP contribution in [0.2, 0.25) is 0 Å². The highest BCUT2D eigenvalue weighted by Gasteiger charge is 1.97. The summed E-state index contributed by atoms with van der Waals surface area (Å²) >= 11 is 0. The molecule has 0 aliphatic heterocycles. The van der Waals surface area contributed by atoms with Gasteiger partial charge in [0.2, 0.25) is 0 Å². The van der Waals surface area contributed by atoms with Crippen molar-refractivity contribution in [1.82, 2.24) is 0 Å². The molecule has 0 atom stereocenters. The van der Waals surface area contributed by atoms with Gasteiger partial charge in [0.1, 0.15) is 23.5 Å². The minimum Gasteiger partial charge on any atom is -0.508 e. The maximum Gasteiger partial charge on any atom is 0.150 e. The number of aromatic hydroxyl groups is 1. The summed E-state index contributed by atoms with van der Waals surface area (Å²) in [5.41, 5.74) is 0.609. The first-order valence-electron chi connectivity index (χ1n) is 8.80. The van der Waals surface area contributed by atoms with Crippen LogP contribution in [-0.2, 0) is 0 Å². The monoisotopic (exact) mass is 334 g/mol. The van der Waals surface area contributed by atoms with Crippen molar-refractivity contribution in [3.05, 3.63) is 54.1 Å². The lowest BCUT2D eigenvalue weighted by molar-refractivity contribution is 0.112. The van der Waals surface area contributed by atoms with E-state index in [1.54, 1.807) is 48.5 Å². The van der Waals surface area contributed by atoms with E-state index in [1.807, 2.05) is 55.4 Å². The third kappa shape index (κ3) is 12.3. The molecule has 0 unspecified atom stereocenters. The van der Waals surface area contributed by atoms with Gasteiger partial charge in [0.25, 0.3) is 0 Å². The molecule has 2 aromatic rings. The van der Waals surface area contributed by atoms with Crippen molar-refractivity contribution in [2.45, 2.75) is 55.4 Å². The van der Waals surface area contributed by atoms with Gasteiger partial charge in [-0.25, -0.2) is 0 Å². The van der Waals surface area contributed by atoms with Gasteiger partial charge < -0.3 is 9.84 Å². The van der Waals surface area contributed by atoms with Gasteiger partial charge in [-0.3, -0.25) is 4.79 Å². The highest BCUT2D eigenvalue weighted by atomic mass is 16.5. The van der Waals surface area contributed by atoms with Gasteiger partial charge in [0.15, 0.2) is 0 Å². The maximum absolute atomic E-state index is 10.4. The number of carbonyl (C=O) groups is 1. The SMILES string of the molecule is CC.CC.CC.CC.O=Cc1ccc(Oc2ccc(O)cc2)cc1. The van der Waals surface area contributed by atoms with Crippen molar-refractivity contribution in [2.24, 2.45) is 0 Å². The van der Waals surface area contributed by atoms with E-state index in [0.29, 0.717) is 17.1 Å². The van der Waals surface area contributed by atoms with Crippen molar-refractivity contribution in [1.29, 1.82) is 0 Å². The average Bonchev–Trinajstić information content (AvgIpc) is 2.70. The zero-order valence-electron chi connectivity index (χ0n) is 16.5. The number of aldehydes is 1. The lowest BCUT2D eigenvalue weighted by atomic mass is 10.2. The fraction of sp³-hybridized carbons (Fsp3) is 0.381. The number of hydrogen-bond acceptors (Lipinski definition) is 3. The minimum absolute atomic E-state index is 0.198. The number of rotatable bonds is 3. The molecule has 2 rings (SSSR count). The normalized spacial score (nSPS) is 7.50. The molecule has 0 aliphatic carbocycles. The average molecular weight is 335 g/mol. The van der Waals surface area contributed by atoms with Crippen LogP contribution in [0.5, 0.6) is 17.2 Å². The molecule has 3 nitrogen and oxygen atoms in total. The van der Waals surface area contributed by atoms with Crippen LogP contribution in [0.25, 0.3) is 0 Å². The number of carbonyl (C=O) groups excluding carboxylic acids is 1. The van der Waals surface area contributed by atoms with E-state index in [9.17, 15) is 4.79 Å². The highest BCUT2D eigenvalue weighted by molar-refractivity contribution is 5.74. The topological polar surface area (TPSA) is 46.5 Å². The van der Waals surface area contributed by atoms with Gasteiger partial charge in [0.05, 0.1) is 0 Å². The van der Waals surface area contributed by atoms with Crippen molar-refractivity contribution in [3.63, 3.8) is 0 Å². The molecular weight excluding hydrogens is 300 g/mol. The van der Waals surface area contributed by atoms with E-state index in [0.717, 1.165) is 6.29 Å². The summed E-state index contributed by atoms with van der Waals surface area (Å²) in [5, 5.41) is 9.10. The smallest absolute Gasteiger partial charge is 0.150 e. The molecule has 1 N–H and O–H groups in total. The van der Waals surface area contributed by atoms with Crippen molar-refractivity contribution in [2.75, 3.05) is 0 Å². The molecule has 0 saturated carbocycles. The second kappa shape index (κ2) is 20.7. The Bertz CT molecular complexity index is 473. The molecule has 136 valence electrons. The molecule has 0 amide bonds. The van der Waals surface area contributed by atoms with E-state index in [2.05, 4.69) is 0 Å². The molecule has 0 spiro atoms. The van der Waals surface area contributed by atoms with E-state index in [4.69, 9.17) is 9.84 Å². The molecule has 0 aliphatic rings. The molecule has 24 heavy (non-hydrogen) atoms. The lowest BCUT2D eigenvalue weighted by Gasteiger charge is -2.05. The summed E-state index contributed by atoms with van der Waals surface area (Å²) in [6, 6.07) is 13.2. The van der Waals surface area contributed by atoms with Gasteiger partial charge >= 0.3 is 0 Å². The summed E-state index contributed by atoms with van der Waals surface area (Å²) in [7, 11) is 0. The third-order valence-electron chi connectivity index (χ3n) is 2.09. The summed E-state index contributed by atoms with van der Waals surface area (Å²) in [5.74, 6) is 1.48. The fourth-order valence-corrected chi connectivity index (χ4v) is 1.26. The molecular formula is C21H34O3. The number of hydrogen-bond donors (Lipinski definition) is 1. The first-order chi connectivity index (χ1) is 11.8. The third-order valence-corrected chi connectivity index (χ3v) is 2.09. The number of phenols is 1. The van der Waals surface area contributed by atoms with Crippen LogP contribution < -0.4 is 4.74 Å². The Balaban J connectivity index is -0.000000484. The fourth-order valence-electron chi connectivity index (χ4n) is 1.26. The zero-order valence-corrected chi connectivity index (χ0v) is 16.5. The maximum atomic E-state index is 10.4. The summed E-state index contributed by atoms with van der Waals surface area (Å²) in [6.45, 7) is 16.0. The Kier molecular flexibility index (Phi) is 23.0. The van der Waals surface area contributed by atoms with Crippen LogP contribution in [0, 0.1) is 0 Å². The van der Waals surface area contributed by atoms with Gasteiger partial charge in [-0.05, 0) is 48.5 Å². The first kappa shape index (κ1) is 26.6. The van der Waals surface area contributed by atoms with Gasteiger partial charge in [-0.1, -0.05) is 55.4 Å². The van der Waals surface area contributed by atoms with Gasteiger partial charge in [-0.2, -0.15) is 0 Å². The van der Waals surface area contributed by atoms with Crippen LogP contribution >= 0.6 is 0 Å². The van der Waals surface area contributed by atoms with Crippen molar-refractivity contribution in [3.8, 4) is 17.2 Å². The number of benzene rings is 2. The summed E-state index contributed by atoms with van der Waals surface area (Å²) in [6.07, 6.45) is 0.782. The molecule has 2 aromatic carbocycles. The minimum atomic E-state index is 0.198. The van der Waals surface area contributed by atoms with Crippen molar-refractivity contribution < 1.29 is 14.6 Å². The zero-order chi connectivity index (χ0) is 19.4. The van der Waals surface area contributed by atoms with Crippen LogP contribution in [0.1, 0.15) is 65.7 Å². The molecule has 0 bridgehead atoms. The predicted octanol–water partition coefficient (Wildman–Crippen LogP) is 7.10.